The van der Waals surface area contributed by atoms with Crippen LogP contribution in [-0.4, -0.2) is 6.16 Å². The molecule has 0 rings (SSSR count). The van der Waals surface area contributed by atoms with Crippen LogP contribution in [0.3, 0.4) is 0 Å². The van der Waals surface area contributed by atoms with Gasteiger partial charge in [0.15, 0.2) is 0 Å². The van der Waals surface area contributed by atoms with E-state index in [1.807, 2.05) is 0 Å². The Morgan fingerprint density at radius 3 is 1.95 bits per heavy atom. The number of rotatable bonds is 11. The Kier molecular flexibility index (Phi) is 18.4. The summed E-state index contributed by atoms with van der Waals surface area (Å²) in [5.74, 6) is 3.97. The molecule has 20 heavy (non-hydrogen) atoms. The summed E-state index contributed by atoms with van der Waals surface area (Å²) in [4.78, 5) is 0. The second kappa shape index (κ2) is 16.8. The molecule has 0 amide bonds. The van der Waals surface area contributed by atoms with E-state index in [2.05, 4.69) is 46.7 Å². The van der Waals surface area contributed by atoms with Gasteiger partial charge in [0.05, 0.1) is 0 Å². The molecule has 0 aromatic heterocycles. The van der Waals surface area contributed by atoms with Crippen LogP contribution in [0.5, 0.6) is 0 Å². The van der Waals surface area contributed by atoms with Crippen molar-refractivity contribution < 1.29 is 0 Å². The first-order valence-electron chi connectivity index (χ1n) is 8.20. The molecule has 0 fully saturated rings. The Balaban J connectivity index is 0. The third-order valence-electron chi connectivity index (χ3n) is 3.14. The van der Waals surface area contributed by atoms with Gasteiger partial charge in [-0.15, -0.1) is 13.2 Å². The fourth-order valence-corrected chi connectivity index (χ4v) is 2.94. The van der Waals surface area contributed by atoms with Gasteiger partial charge in [-0.1, -0.05) is 62.0 Å². The molecule has 0 bridgehead atoms. The van der Waals surface area contributed by atoms with Gasteiger partial charge in [-0.05, 0) is 43.1 Å². The molecule has 0 saturated heterocycles. The number of nitrogens with two attached hydrogens (primary N) is 1. The van der Waals surface area contributed by atoms with E-state index in [1.165, 1.54) is 44.7 Å². The number of hydrogen-bond donors (Lipinski definition) is 1. The highest BCUT2D eigenvalue weighted by Crippen LogP contribution is 2.19. The zero-order valence-electron chi connectivity index (χ0n) is 14.4. The minimum Gasteiger partial charge on any atom is -0.402 e. The van der Waals surface area contributed by atoms with Gasteiger partial charge in [-0.25, -0.2) is 0 Å². The molecule has 0 heterocycles. The number of hydrogen-bond acceptors (Lipinski definition) is 1. The normalized spacial score (nSPS) is 12.2. The van der Waals surface area contributed by atoms with Crippen LogP contribution in [-0.2, 0) is 0 Å². The zero-order chi connectivity index (χ0) is 15.8. The quantitative estimate of drug-likeness (QED) is 0.270. The molecule has 0 saturated carbocycles. The van der Waals surface area contributed by atoms with Crippen molar-refractivity contribution in [3.05, 3.63) is 24.7 Å². The van der Waals surface area contributed by atoms with Crippen LogP contribution in [0.4, 0.5) is 0 Å². The summed E-state index contributed by atoms with van der Waals surface area (Å²) in [6.07, 6.45) is 10.5. The van der Waals surface area contributed by atoms with Crippen LogP contribution < -0.4 is 5.73 Å². The molecule has 1 unspecified atom stereocenters. The van der Waals surface area contributed by atoms with Crippen molar-refractivity contribution in [1.82, 2.24) is 0 Å². The molecule has 2 heteroatoms. The van der Waals surface area contributed by atoms with Crippen molar-refractivity contribution in [2.24, 2.45) is 17.6 Å². The summed E-state index contributed by atoms with van der Waals surface area (Å²) in [6, 6.07) is 0. The summed E-state index contributed by atoms with van der Waals surface area (Å²) < 4.78 is 0. The van der Waals surface area contributed by atoms with E-state index in [0.717, 1.165) is 32.5 Å². The van der Waals surface area contributed by atoms with Gasteiger partial charge in [0.25, 0.3) is 0 Å². The third kappa shape index (κ3) is 20.0. The molecule has 1 atom stereocenters. The highest BCUT2D eigenvalue weighted by molar-refractivity contribution is 7.41. The average Bonchev–Trinajstić information content (AvgIpc) is 2.40. The first-order chi connectivity index (χ1) is 9.52. The summed E-state index contributed by atoms with van der Waals surface area (Å²) in [6.45, 7) is 15.2. The van der Waals surface area contributed by atoms with Crippen LogP contribution >= 0.6 is 8.58 Å². The molecular formula is C18H38NP. The minimum absolute atomic E-state index is 0.832. The van der Waals surface area contributed by atoms with Crippen LogP contribution in [0, 0.1) is 11.8 Å². The average molecular weight is 299 g/mol. The van der Waals surface area contributed by atoms with Crippen LogP contribution in [0.15, 0.2) is 24.7 Å². The van der Waals surface area contributed by atoms with Gasteiger partial charge in [0, 0.05) is 5.70 Å². The summed E-state index contributed by atoms with van der Waals surface area (Å²) in [5.41, 5.74) is 7.15. The SMILES string of the molecule is C=C.CC(C)CCCCP/C=C(\N)CCCCC(C)C. The molecule has 2 N–H and O–H groups in total. The third-order valence-corrected chi connectivity index (χ3v) is 4.35. The molecule has 120 valence electrons. The highest BCUT2D eigenvalue weighted by atomic mass is 31.1. The van der Waals surface area contributed by atoms with Gasteiger partial charge in [0.2, 0.25) is 0 Å². The molecule has 0 radical (unpaired) electrons. The topological polar surface area (TPSA) is 26.0 Å². The maximum atomic E-state index is 6.02. The van der Waals surface area contributed by atoms with Crippen molar-refractivity contribution in [3.63, 3.8) is 0 Å². The fraction of sp³-hybridized carbons (Fsp3) is 0.778. The second-order valence-electron chi connectivity index (χ2n) is 6.20. The largest absolute Gasteiger partial charge is 0.402 e. The lowest BCUT2D eigenvalue weighted by atomic mass is 10.1. The van der Waals surface area contributed by atoms with Crippen molar-refractivity contribution in [3.8, 4) is 0 Å². The monoisotopic (exact) mass is 299 g/mol. The Bertz CT molecular complexity index is 221. The van der Waals surface area contributed by atoms with Crippen LogP contribution in [0.2, 0.25) is 0 Å². The first kappa shape index (κ1) is 22.0. The first-order valence-corrected chi connectivity index (χ1v) is 9.48. The maximum Gasteiger partial charge on any atom is 0.00827 e. The number of unbranched alkanes of at least 4 members (excludes halogenated alkanes) is 2. The van der Waals surface area contributed by atoms with Gasteiger partial charge in [0.1, 0.15) is 0 Å². The van der Waals surface area contributed by atoms with E-state index in [4.69, 9.17) is 5.73 Å². The summed E-state index contributed by atoms with van der Waals surface area (Å²) in [5, 5.41) is 0. The maximum absolute atomic E-state index is 6.02. The predicted molar refractivity (Wildman–Crippen MR) is 98.7 cm³/mol. The lowest BCUT2D eigenvalue weighted by molar-refractivity contribution is 0.537. The standard InChI is InChI=1S/C16H34NP.C2H4/c1-14(2)9-5-6-11-16(17)13-18-12-8-7-10-15(3)4;1-2/h13-15,18H,5-12,17H2,1-4H3;1-2H2/b16-13-;. The fourth-order valence-electron chi connectivity index (χ4n) is 1.94. The molecule has 1 nitrogen and oxygen atoms in total. The Morgan fingerprint density at radius 1 is 0.950 bits per heavy atom. The zero-order valence-corrected chi connectivity index (χ0v) is 15.4. The van der Waals surface area contributed by atoms with Crippen molar-refractivity contribution in [2.45, 2.75) is 72.6 Å². The highest BCUT2D eigenvalue weighted by Gasteiger charge is 1.96. The summed E-state index contributed by atoms with van der Waals surface area (Å²) in [7, 11) is 0.936. The van der Waals surface area contributed by atoms with E-state index >= 15 is 0 Å². The van der Waals surface area contributed by atoms with Gasteiger partial charge in [-0.3, -0.25) is 0 Å². The molecule has 0 aliphatic rings. The minimum atomic E-state index is 0.832. The van der Waals surface area contributed by atoms with Gasteiger partial charge in [-0.2, -0.15) is 0 Å². The van der Waals surface area contributed by atoms with E-state index in [-0.39, 0.29) is 0 Å². The molecule has 0 aliphatic carbocycles. The van der Waals surface area contributed by atoms with E-state index in [0.29, 0.717) is 0 Å². The molecular weight excluding hydrogens is 261 g/mol. The second-order valence-corrected chi connectivity index (χ2v) is 7.40. The van der Waals surface area contributed by atoms with E-state index < -0.39 is 0 Å². The lowest BCUT2D eigenvalue weighted by Gasteiger charge is -2.05. The van der Waals surface area contributed by atoms with Crippen LogP contribution in [0.1, 0.15) is 72.6 Å². The predicted octanol–water partition coefficient (Wildman–Crippen LogP) is 6.31. The molecule has 0 aliphatic heterocycles. The van der Waals surface area contributed by atoms with Crippen molar-refractivity contribution in [1.29, 1.82) is 0 Å². The smallest absolute Gasteiger partial charge is 0.00827 e. The number of allylic oxidation sites excluding steroid dienone is 1. The Hall–Kier alpha value is -0.290. The summed E-state index contributed by atoms with van der Waals surface area (Å²) >= 11 is 0. The van der Waals surface area contributed by atoms with Crippen molar-refractivity contribution >= 4 is 8.58 Å². The van der Waals surface area contributed by atoms with E-state index in [1.54, 1.807) is 0 Å². The van der Waals surface area contributed by atoms with E-state index in [9.17, 15) is 0 Å². The molecule has 0 spiro atoms. The van der Waals surface area contributed by atoms with Gasteiger partial charge >= 0.3 is 0 Å². The van der Waals surface area contributed by atoms with Crippen LogP contribution in [0.25, 0.3) is 0 Å². The van der Waals surface area contributed by atoms with Gasteiger partial charge < -0.3 is 5.73 Å². The van der Waals surface area contributed by atoms with Crippen molar-refractivity contribution in [2.75, 3.05) is 6.16 Å². The molecule has 0 aromatic rings. The lowest BCUT2D eigenvalue weighted by Crippen LogP contribution is -1.97. The Labute approximate surface area is 130 Å². The Morgan fingerprint density at radius 2 is 1.45 bits per heavy atom. The molecule has 0 aromatic carbocycles.